The van der Waals surface area contributed by atoms with Crippen LogP contribution in [0.5, 0.6) is 5.75 Å². The number of nitrogens with one attached hydrogen (secondary N) is 1. The van der Waals surface area contributed by atoms with Crippen LogP contribution in [0.1, 0.15) is 51.2 Å². The number of hydrogen-bond acceptors (Lipinski definition) is 3. The van der Waals surface area contributed by atoms with E-state index in [0.29, 0.717) is 0 Å². The smallest absolute Gasteiger partial charge is 0.119 e. The summed E-state index contributed by atoms with van der Waals surface area (Å²) in [5.74, 6) is 0.889. The molecule has 1 rings (SSSR count). The summed E-state index contributed by atoms with van der Waals surface area (Å²) in [5, 5.41) is 3.45. The zero-order valence-electron chi connectivity index (χ0n) is 13.2. The molecule has 0 bridgehead atoms. The van der Waals surface area contributed by atoms with Crippen LogP contribution < -0.4 is 10.1 Å². The molecule has 0 saturated heterocycles. The summed E-state index contributed by atoms with van der Waals surface area (Å²) in [6.45, 7) is 7.09. The van der Waals surface area contributed by atoms with Gasteiger partial charge in [-0.05, 0) is 37.1 Å². The Balaban J connectivity index is 2.58. The van der Waals surface area contributed by atoms with Gasteiger partial charge in [0.25, 0.3) is 0 Å². The Hall–Kier alpha value is -1.06. The molecule has 0 heterocycles. The van der Waals surface area contributed by atoms with Gasteiger partial charge in [-0.2, -0.15) is 0 Å². The maximum Gasteiger partial charge on any atom is 0.119 e. The topological polar surface area (TPSA) is 30.5 Å². The van der Waals surface area contributed by atoms with Crippen molar-refractivity contribution in [2.24, 2.45) is 0 Å². The molecule has 0 saturated carbocycles. The molecule has 1 aromatic rings. The van der Waals surface area contributed by atoms with E-state index in [0.717, 1.165) is 38.3 Å². The van der Waals surface area contributed by atoms with Gasteiger partial charge in [-0.1, -0.05) is 38.8 Å². The quantitative estimate of drug-likeness (QED) is 0.622. The van der Waals surface area contributed by atoms with Gasteiger partial charge in [-0.25, -0.2) is 0 Å². The summed E-state index contributed by atoms with van der Waals surface area (Å²) in [5.41, 5.74) is 1.18. The molecule has 0 aliphatic carbocycles. The van der Waals surface area contributed by atoms with E-state index in [1.807, 2.05) is 12.1 Å². The van der Waals surface area contributed by atoms with E-state index in [2.05, 4.69) is 31.3 Å². The molecule has 0 fully saturated rings. The molecule has 1 N–H and O–H groups in total. The normalized spacial score (nSPS) is 12.3. The zero-order chi connectivity index (χ0) is 14.6. The second-order valence-corrected chi connectivity index (χ2v) is 5.05. The molecule has 0 aliphatic rings. The lowest BCUT2D eigenvalue weighted by molar-refractivity contribution is 0.0500. The molecule has 1 atom stereocenters. The van der Waals surface area contributed by atoms with Crippen LogP contribution in [0.3, 0.4) is 0 Å². The van der Waals surface area contributed by atoms with Crippen molar-refractivity contribution in [3.8, 4) is 5.75 Å². The number of ether oxygens (including phenoxy) is 2. The van der Waals surface area contributed by atoms with Gasteiger partial charge >= 0.3 is 0 Å². The number of unbranched alkanes of at least 4 members (excludes halogenated alkanes) is 2. The first-order valence-electron chi connectivity index (χ1n) is 7.78. The number of methoxy groups -OCH3 is 1. The lowest BCUT2D eigenvalue weighted by Crippen LogP contribution is -2.24. The third-order valence-electron chi connectivity index (χ3n) is 3.29. The van der Waals surface area contributed by atoms with Crippen LogP contribution in [0.15, 0.2) is 24.3 Å². The van der Waals surface area contributed by atoms with E-state index < -0.39 is 0 Å². The molecule has 3 heteroatoms. The first-order valence-corrected chi connectivity index (χ1v) is 7.78. The maximum absolute atomic E-state index is 6.06. The van der Waals surface area contributed by atoms with Gasteiger partial charge in [0.1, 0.15) is 5.75 Å². The Morgan fingerprint density at radius 1 is 1.15 bits per heavy atom. The van der Waals surface area contributed by atoms with Crippen molar-refractivity contribution in [2.45, 2.75) is 45.6 Å². The van der Waals surface area contributed by atoms with Crippen molar-refractivity contribution < 1.29 is 9.47 Å². The molecule has 3 nitrogen and oxygen atoms in total. The molecule has 0 aromatic heterocycles. The molecule has 1 unspecified atom stereocenters. The highest BCUT2D eigenvalue weighted by Crippen LogP contribution is 2.22. The van der Waals surface area contributed by atoms with E-state index in [9.17, 15) is 0 Å². The predicted molar refractivity (Wildman–Crippen MR) is 84.4 cm³/mol. The second-order valence-electron chi connectivity index (χ2n) is 5.05. The van der Waals surface area contributed by atoms with Crippen LogP contribution in [-0.4, -0.2) is 26.8 Å². The van der Waals surface area contributed by atoms with Gasteiger partial charge in [-0.15, -0.1) is 0 Å². The van der Waals surface area contributed by atoms with Crippen molar-refractivity contribution in [2.75, 3.05) is 26.8 Å². The van der Waals surface area contributed by atoms with E-state index in [-0.39, 0.29) is 6.10 Å². The van der Waals surface area contributed by atoms with Crippen molar-refractivity contribution in [1.82, 2.24) is 5.32 Å². The van der Waals surface area contributed by atoms with E-state index >= 15 is 0 Å². The highest BCUT2D eigenvalue weighted by molar-refractivity contribution is 5.30. The molecule has 20 heavy (non-hydrogen) atoms. The van der Waals surface area contributed by atoms with Crippen LogP contribution in [0, 0.1) is 0 Å². The Morgan fingerprint density at radius 2 is 2.00 bits per heavy atom. The SMILES string of the molecule is CCCCCOC(CNCCC)c1cccc(OC)c1. The van der Waals surface area contributed by atoms with Gasteiger partial charge < -0.3 is 14.8 Å². The van der Waals surface area contributed by atoms with Gasteiger partial charge in [0.15, 0.2) is 0 Å². The van der Waals surface area contributed by atoms with Gasteiger partial charge in [0.05, 0.1) is 13.2 Å². The van der Waals surface area contributed by atoms with Crippen LogP contribution in [0.4, 0.5) is 0 Å². The Kier molecular flexibility index (Phi) is 9.09. The van der Waals surface area contributed by atoms with Crippen molar-refractivity contribution in [3.05, 3.63) is 29.8 Å². The fourth-order valence-corrected chi connectivity index (χ4v) is 2.10. The van der Waals surface area contributed by atoms with Crippen LogP contribution in [0.2, 0.25) is 0 Å². The molecule has 0 aliphatic heterocycles. The fourth-order valence-electron chi connectivity index (χ4n) is 2.10. The Bertz CT molecular complexity index is 355. The summed E-state index contributed by atoms with van der Waals surface area (Å²) in [7, 11) is 1.70. The average molecular weight is 279 g/mol. The summed E-state index contributed by atoms with van der Waals surface area (Å²) >= 11 is 0. The molecule has 1 aromatic carbocycles. The summed E-state index contributed by atoms with van der Waals surface area (Å²) in [6, 6.07) is 8.17. The highest BCUT2D eigenvalue weighted by Gasteiger charge is 2.12. The van der Waals surface area contributed by atoms with Crippen LogP contribution in [-0.2, 0) is 4.74 Å². The van der Waals surface area contributed by atoms with Crippen LogP contribution in [0.25, 0.3) is 0 Å². The van der Waals surface area contributed by atoms with Crippen molar-refractivity contribution in [1.29, 1.82) is 0 Å². The summed E-state index contributed by atoms with van der Waals surface area (Å²) < 4.78 is 11.4. The third-order valence-corrected chi connectivity index (χ3v) is 3.29. The molecular weight excluding hydrogens is 250 g/mol. The van der Waals surface area contributed by atoms with Crippen molar-refractivity contribution in [3.63, 3.8) is 0 Å². The number of benzene rings is 1. The predicted octanol–water partition coefficient (Wildman–Crippen LogP) is 3.94. The summed E-state index contributed by atoms with van der Waals surface area (Å²) in [6.07, 6.45) is 4.83. The fraction of sp³-hybridized carbons (Fsp3) is 0.647. The first-order chi connectivity index (χ1) is 9.81. The first kappa shape index (κ1) is 17.0. The lowest BCUT2D eigenvalue weighted by Gasteiger charge is -2.19. The zero-order valence-corrected chi connectivity index (χ0v) is 13.2. The minimum atomic E-state index is 0.105. The van der Waals surface area contributed by atoms with E-state index in [1.165, 1.54) is 18.4 Å². The monoisotopic (exact) mass is 279 g/mol. The van der Waals surface area contributed by atoms with Gasteiger partial charge in [0, 0.05) is 13.2 Å². The molecule has 114 valence electrons. The second kappa shape index (κ2) is 10.7. The standard InChI is InChI=1S/C17H29NO2/c1-4-6-7-12-20-17(14-18-11-5-2)15-9-8-10-16(13-15)19-3/h8-10,13,17-18H,4-7,11-12,14H2,1-3H3. The average Bonchev–Trinajstić information content (AvgIpc) is 2.50. The number of hydrogen-bond donors (Lipinski definition) is 1. The molecule has 0 amide bonds. The van der Waals surface area contributed by atoms with Gasteiger partial charge in [0.2, 0.25) is 0 Å². The third kappa shape index (κ3) is 6.40. The Labute approximate surface area is 123 Å². The van der Waals surface area contributed by atoms with Crippen LogP contribution >= 0.6 is 0 Å². The number of rotatable bonds is 11. The molecule has 0 radical (unpaired) electrons. The van der Waals surface area contributed by atoms with E-state index in [1.54, 1.807) is 7.11 Å². The Morgan fingerprint density at radius 3 is 2.70 bits per heavy atom. The highest BCUT2D eigenvalue weighted by atomic mass is 16.5. The largest absolute Gasteiger partial charge is 0.497 e. The van der Waals surface area contributed by atoms with E-state index in [4.69, 9.17) is 9.47 Å². The summed E-state index contributed by atoms with van der Waals surface area (Å²) in [4.78, 5) is 0. The van der Waals surface area contributed by atoms with Crippen molar-refractivity contribution >= 4 is 0 Å². The molecular formula is C17H29NO2. The maximum atomic E-state index is 6.06. The minimum absolute atomic E-state index is 0.105. The lowest BCUT2D eigenvalue weighted by atomic mass is 10.1. The molecule has 0 spiro atoms. The van der Waals surface area contributed by atoms with Gasteiger partial charge in [-0.3, -0.25) is 0 Å². The minimum Gasteiger partial charge on any atom is -0.497 e.